The zero-order valence-corrected chi connectivity index (χ0v) is 11.8. The van der Waals surface area contributed by atoms with Crippen molar-refractivity contribution in [3.63, 3.8) is 0 Å². The summed E-state index contributed by atoms with van der Waals surface area (Å²) < 4.78 is 26.2. The second-order valence-electron chi connectivity index (χ2n) is 4.19. The summed E-state index contributed by atoms with van der Waals surface area (Å²) in [6.07, 6.45) is 0. The second kappa shape index (κ2) is 5.48. The molecule has 0 saturated carbocycles. The molecular formula is C12H17N3O2S. The molecule has 1 atom stereocenters. The molecule has 1 rings (SSSR count). The standard InChI is InChI=1S/C12H17N3O2S/c1-10-7-5-6-8-11(10)12(9-13)15(4)18(16,17)14(2)3/h5-8,12H,1-4H3. The van der Waals surface area contributed by atoms with Crippen molar-refractivity contribution < 1.29 is 8.42 Å². The van der Waals surface area contributed by atoms with Crippen molar-refractivity contribution in [3.05, 3.63) is 35.4 Å². The molecule has 0 saturated heterocycles. The van der Waals surface area contributed by atoms with Crippen LogP contribution < -0.4 is 0 Å². The topological polar surface area (TPSA) is 64.4 Å². The molecule has 0 heterocycles. The van der Waals surface area contributed by atoms with Gasteiger partial charge in [-0.1, -0.05) is 24.3 Å². The fourth-order valence-electron chi connectivity index (χ4n) is 1.63. The van der Waals surface area contributed by atoms with Gasteiger partial charge >= 0.3 is 0 Å². The summed E-state index contributed by atoms with van der Waals surface area (Å²) in [5, 5.41) is 9.24. The smallest absolute Gasteiger partial charge is 0.196 e. The first-order chi connectivity index (χ1) is 8.32. The number of benzene rings is 1. The van der Waals surface area contributed by atoms with Crippen LogP contribution in [-0.4, -0.2) is 38.2 Å². The van der Waals surface area contributed by atoms with Gasteiger partial charge in [0.15, 0.2) is 0 Å². The highest BCUT2D eigenvalue weighted by Crippen LogP contribution is 2.24. The van der Waals surface area contributed by atoms with Crippen molar-refractivity contribution in [1.29, 1.82) is 5.26 Å². The third-order valence-corrected chi connectivity index (χ3v) is 4.66. The number of hydrogen-bond acceptors (Lipinski definition) is 3. The van der Waals surface area contributed by atoms with E-state index >= 15 is 0 Å². The van der Waals surface area contributed by atoms with Crippen LogP contribution in [0.25, 0.3) is 0 Å². The Labute approximate surface area is 108 Å². The Bertz CT molecular complexity index is 561. The Hall–Kier alpha value is -1.42. The lowest BCUT2D eigenvalue weighted by Gasteiger charge is -2.26. The number of hydrogen-bond donors (Lipinski definition) is 0. The number of aryl methyl sites for hydroxylation is 1. The van der Waals surface area contributed by atoms with Crippen molar-refractivity contribution in [2.24, 2.45) is 0 Å². The van der Waals surface area contributed by atoms with E-state index < -0.39 is 16.3 Å². The molecule has 0 spiro atoms. The monoisotopic (exact) mass is 267 g/mol. The van der Waals surface area contributed by atoms with Gasteiger partial charge < -0.3 is 0 Å². The van der Waals surface area contributed by atoms with Crippen LogP contribution in [0.4, 0.5) is 0 Å². The van der Waals surface area contributed by atoms with Gasteiger partial charge in [0.25, 0.3) is 10.2 Å². The lowest BCUT2D eigenvalue weighted by molar-refractivity contribution is 0.389. The molecule has 18 heavy (non-hydrogen) atoms. The Kier molecular flexibility index (Phi) is 4.46. The molecule has 1 aromatic rings. The first-order valence-corrected chi connectivity index (χ1v) is 6.82. The molecule has 1 aromatic carbocycles. The molecule has 0 N–H and O–H groups in total. The van der Waals surface area contributed by atoms with E-state index in [1.54, 1.807) is 12.1 Å². The van der Waals surface area contributed by atoms with E-state index in [2.05, 4.69) is 0 Å². The largest absolute Gasteiger partial charge is 0.282 e. The van der Waals surface area contributed by atoms with E-state index in [1.807, 2.05) is 25.1 Å². The number of nitriles is 1. The maximum absolute atomic E-state index is 12.0. The van der Waals surface area contributed by atoms with Crippen LogP contribution in [0.1, 0.15) is 17.2 Å². The van der Waals surface area contributed by atoms with E-state index in [4.69, 9.17) is 0 Å². The molecule has 0 radical (unpaired) electrons. The average molecular weight is 267 g/mol. The Morgan fingerprint density at radius 3 is 2.22 bits per heavy atom. The van der Waals surface area contributed by atoms with Gasteiger partial charge in [-0.3, -0.25) is 0 Å². The lowest BCUT2D eigenvalue weighted by atomic mass is 10.0. The van der Waals surface area contributed by atoms with E-state index in [0.717, 1.165) is 14.2 Å². The summed E-state index contributed by atoms with van der Waals surface area (Å²) in [6, 6.07) is 8.49. The minimum absolute atomic E-state index is 0.702. The molecule has 1 unspecified atom stereocenters. The summed E-state index contributed by atoms with van der Waals surface area (Å²) in [6.45, 7) is 1.86. The van der Waals surface area contributed by atoms with Gasteiger partial charge in [0, 0.05) is 21.1 Å². The summed E-state index contributed by atoms with van der Waals surface area (Å²) in [5.74, 6) is 0. The van der Waals surface area contributed by atoms with Crippen LogP contribution in [0.5, 0.6) is 0 Å². The first kappa shape index (κ1) is 14.6. The molecule has 0 aromatic heterocycles. The van der Waals surface area contributed by atoms with Crippen molar-refractivity contribution in [2.75, 3.05) is 21.1 Å². The summed E-state index contributed by atoms with van der Waals surface area (Å²) >= 11 is 0. The highest BCUT2D eigenvalue weighted by atomic mass is 32.2. The Morgan fingerprint density at radius 1 is 1.22 bits per heavy atom. The Balaban J connectivity index is 3.22. The van der Waals surface area contributed by atoms with E-state index in [0.29, 0.717) is 5.56 Å². The summed E-state index contributed by atoms with van der Waals surface area (Å²) in [7, 11) is 0.689. The maximum Gasteiger partial charge on any atom is 0.282 e. The molecule has 5 nitrogen and oxygen atoms in total. The Morgan fingerprint density at radius 2 is 1.78 bits per heavy atom. The lowest BCUT2D eigenvalue weighted by Crippen LogP contribution is -2.39. The third kappa shape index (κ3) is 2.70. The number of nitrogens with zero attached hydrogens (tertiary/aromatic N) is 3. The quantitative estimate of drug-likeness (QED) is 0.826. The van der Waals surface area contributed by atoms with Gasteiger partial charge in [-0.05, 0) is 18.1 Å². The summed E-state index contributed by atoms with van der Waals surface area (Å²) in [4.78, 5) is 0. The van der Waals surface area contributed by atoms with Crippen LogP contribution in [0, 0.1) is 18.3 Å². The number of rotatable bonds is 4. The fraction of sp³-hybridized carbons (Fsp3) is 0.417. The molecular weight excluding hydrogens is 250 g/mol. The molecule has 6 heteroatoms. The normalized spacial score (nSPS) is 13.6. The first-order valence-electron chi connectivity index (χ1n) is 5.43. The highest BCUT2D eigenvalue weighted by Gasteiger charge is 2.29. The third-order valence-electron chi connectivity index (χ3n) is 2.79. The van der Waals surface area contributed by atoms with Gasteiger partial charge in [-0.25, -0.2) is 0 Å². The highest BCUT2D eigenvalue weighted by molar-refractivity contribution is 7.86. The predicted molar refractivity (Wildman–Crippen MR) is 69.9 cm³/mol. The predicted octanol–water partition coefficient (Wildman–Crippen LogP) is 1.30. The maximum atomic E-state index is 12.0. The molecule has 0 aliphatic carbocycles. The van der Waals surface area contributed by atoms with Crippen LogP contribution >= 0.6 is 0 Å². The van der Waals surface area contributed by atoms with Gasteiger partial charge in [0.2, 0.25) is 0 Å². The van der Waals surface area contributed by atoms with Gasteiger partial charge in [0.05, 0.1) is 6.07 Å². The summed E-state index contributed by atoms with van der Waals surface area (Å²) in [5.41, 5.74) is 1.60. The zero-order chi connectivity index (χ0) is 13.9. The second-order valence-corrected chi connectivity index (χ2v) is 6.40. The molecule has 0 fully saturated rings. The average Bonchev–Trinajstić information content (AvgIpc) is 2.32. The van der Waals surface area contributed by atoms with Crippen molar-refractivity contribution in [1.82, 2.24) is 8.61 Å². The fourth-order valence-corrected chi connectivity index (χ4v) is 2.57. The van der Waals surface area contributed by atoms with Crippen LogP contribution in [0.2, 0.25) is 0 Å². The molecule has 0 bridgehead atoms. The van der Waals surface area contributed by atoms with Gasteiger partial charge in [-0.15, -0.1) is 0 Å². The minimum Gasteiger partial charge on any atom is -0.196 e. The van der Waals surface area contributed by atoms with E-state index in [1.165, 1.54) is 21.1 Å². The van der Waals surface area contributed by atoms with Crippen molar-refractivity contribution in [2.45, 2.75) is 13.0 Å². The van der Waals surface area contributed by atoms with E-state index in [-0.39, 0.29) is 0 Å². The van der Waals surface area contributed by atoms with Crippen LogP contribution in [0.3, 0.4) is 0 Å². The SMILES string of the molecule is Cc1ccccc1C(C#N)N(C)S(=O)(=O)N(C)C. The molecule has 0 aliphatic heterocycles. The van der Waals surface area contributed by atoms with Gasteiger partial charge in [0.1, 0.15) is 6.04 Å². The molecule has 0 aliphatic rings. The molecule has 98 valence electrons. The van der Waals surface area contributed by atoms with Crippen LogP contribution in [0.15, 0.2) is 24.3 Å². The minimum atomic E-state index is -3.61. The van der Waals surface area contributed by atoms with E-state index in [9.17, 15) is 13.7 Å². The van der Waals surface area contributed by atoms with Crippen LogP contribution in [-0.2, 0) is 10.2 Å². The zero-order valence-electron chi connectivity index (χ0n) is 11.0. The molecule has 0 amide bonds. The van der Waals surface area contributed by atoms with Crippen molar-refractivity contribution >= 4 is 10.2 Å². The van der Waals surface area contributed by atoms with Crippen molar-refractivity contribution in [3.8, 4) is 6.07 Å². The van der Waals surface area contributed by atoms with Gasteiger partial charge in [-0.2, -0.15) is 22.3 Å².